The molecule has 1 saturated heterocycles. The Morgan fingerprint density at radius 1 is 1.61 bits per heavy atom. The molecule has 18 heavy (non-hydrogen) atoms. The van der Waals surface area contributed by atoms with E-state index < -0.39 is 5.41 Å². The van der Waals surface area contributed by atoms with Crippen LogP contribution < -0.4 is 5.73 Å². The molecule has 2 N–H and O–H groups in total. The predicted octanol–water partition coefficient (Wildman–Crippen LogP) is 1.71. The quantitative estimate of drug-likeness (QED) is 0.795. The van der Waals surface area contributed by atoms with Gasteiger partial charge >= 0.3 is 0 Å². The summed E-state index contributed by atoms with van der Waals surface area (Å²) in [4.78, 5) is 14.7. The minimum Gasteiger partial charge on any atom is -0.392 e. The van der Waals surface area contributed by atoms with Crippen LogP contribution in [0.2, 0.25) is 0 Å². The summed E-state index contributed by atoms with van der Waals surface area (Å²) in [5.74, 6) is 0.0146. The molecule has 4 nitrogen and oxygen atoms in total. The van der Waals surface area contributed by atoms with E-state index in [9.17, 15) is 4.79 Å². The normalized spacial score (nSPS) is 26.5. The van der Waals surface area contributed by atoms with Gasteiger partial charge in [0.1, 0.15) is 0 Å². The number of hydrogen-bond donors (Lipinski definition) is 1. The second-order valence-corrected chi connectivity index (χ2v) is 6.36. The van der Waals surface area contributed by atoms with Crippen LogP contribution >= 0.6 is 12.2 Å². The maximum atomic E-state index is 12.6. The van der Waals surface area contributed by atoms with Crippen molar-refractivity contribution < 1.29 is 9.53 Å². The lowest BCUT2D eigenvalue weighted by molar-refractivity contribution is -0.163. The summed E-state index contributed by atoms with van der Waals surface area (Å²) in [6.07, 6.45) is 0.651. The Balaban J connectivity index is 2.93. The van der Waals surface area contributed by atoms with Crippen LogP contribution in [0.3, 0.4) is 0 Å². The summed E-state index contributed by atoms with van der Waals surface area (Å²) in [5.41, 5.74) is 4.68. The summed E-state index contributed by atoms with van der Waals surface area (Å²) in [5, 5.41) is 0. The van der Waals surface area contributed by atoms with E-state index in [2.05, 4.69) is 0 Å². The van der Waals surface area contributed by atoms with Gasteiger partial charge in [-0.15, -0.1) is 0 Å². The first-order chi connectivity index (χ1) is 8.12. The van der Waals surface area contributed by atoms with E-state index in [1.54, 1.807) is 0 Å². The maximum absolute atomic E-state index is 12.6. The molecule has 1 rings (SSSR count). The van der Waals surface area contributed by atoms with Gasteiger partial charge in [-0.2, -0.15) is 0 Å². The molecule has 5 heteroatoms. The van der Waals surface area contributed by atoms with Crippen molar-refractivity contribution in [2.75, 3.05) is 13.1 Å². The molecular formula is C13H24N2O2S. The Labute approximate surface area is 115 Å². The first-order valence-corrected chi connectivity index (χ1v) is 6.80. The average Bonchev–Trinajstić information content (AvgIpc) is 2.23. The number of hydrogen-bond acceptors (Lipinski definition) is 3. The van der Waals surface area contributed by atoms with Crippen molar-refractivity contribution in [2.24, 2.45) is 11.1 Å². The molecule has 0 aliphatic carbocycles. The van der Waals surface area contributed by atoms with E-state index >= 15 is 0 Å². The van der Waals surface area contributed by atoms with Crippen LogP contribution in [0, 0.1) is 5.41 Å². The molecule has 2 atom stereocenters. The number of thiocarbonyl (C=S) groups is 1. The van der Waals surface area contributed by atoms with Crippen molar-refractivity contribution >= 4 is 23.1 Å². The number of carbonyl (C=O) groups excluding carboxylic acids is 1. The highest BCUT2D eigenvalue weighted by Gasteiger charge is 2.42. The Kier molecular flexibility index (Phi) is 4.38. The fraction of sp³-hybridized carbons (Fsp3) is 0.846. The van der Waals surface area contributed by atoms with Gasteiger partial charge in [-0.3, -0.25) is 4.79 Å². The smallest absolute Gasteiger partial charge is 0.235 e. The van der Waals surface area contributed by atoms with E-state index in [4.69, 9.17) is 22.7 Å². The third-order valence-corrected chi connectivity index (χ3v) is 4.03. The fourth-order valence-corrected chi connectivity index (χ4v) is 2.62. The summed E-state index contributed by atoms with van der Waals surface area (Å²) in [6.45, 7) is 10.9. The summed E-state index contributed by atoms with van der Waals surface area (Å²) in [7, 11) is 0. The number of ether oxygens (including phenoxy) is 1. The van der Waals surface area contributed by atoms with Gasteiger partial charge in [-0.25, -0.2) is 0 Å². The SMILES string of the molecule is CCC(C)(C(=O)N1CC(C)OC(C)(C)C1)C(N)=S. The first kappa shape index (κ1) is 15.4. The molecule has 0 saturated carbocycles. The Morgan fingerprint density at radius 2 is 2.17 bits per heavy atom. The van der Waals surface area contributed by atoms with Crippen molar-refractivity contribution in [3.63, 3.8) is 0 Å². The zero-order valence-electron chi connectivity index (χ0n) is 11.9. The number of morpholine rings is 1. The monoisotopic (exact) mass is 272 g/mol. The minimum absolute atomic E-state index is 0.0146. The van der Waals surface area contributed by atoms with Crippen molar-refractivity contribution in [1.82, 2.24) is 4.90 Å². The first-order valence-electron chi connectivity index (χ1n) is 6.39. The summed E-state index contributed by atoms with van der Waals surface area (Å²) >= 11 is 5.06. The van der Waals surface area contributed by atoms with Crippen molar-refractivity contribution in [2.45, 2.75) is 52.7 Å². The van der Waals surface area contributed by atoms with Crippen molar-refractivity contribution in [3.05, 3.63) is 0 Å². The van der Waals surface area contributed by atoms with Crippen LogP contribution in [0.15, 0.2) is 0 Å². The van der Waals surface area contributed by atoms with Crippen LogP contribution in [0.5, 0.6) is 0 Å². The zero-order chi connectivity index (χ0) is 14.1. The Morgan fingerprint density at radius 3 is 2.56 bits per heavy atom. The molecule has 1 aliphatic rings. The van der Waals surface area contributed by atoms with Crippen LogP contribution in [0.1, 0.15) is 41.0 Å². The number of carbonyl (C=O) groups is 1. The number of rotatable bonds is 3. The van der Waals surface area contributed by atoms with Gasteiger partial charge < -0.3 is 15.4 Å². The summed E-state index contributed by atoms with van der Waals surface area (Å²) in [6, 6.07) is 0. The van der Waals surface area contributed by atoms with E-state index in [1.165, 1.54) is 0 Å². The maximum Gasteiger partial charge on any atom is 0.235 e. The molecule has 0 aromatic heterocycles. The topological polar surface area (TPSA) is 55.6 Å². The molecular weight excluding hydrogens is 248 g/mol. The fourth-order valence-electron chi connectivity index (χ4n) is 2.39. The Bertz CT molecular complexity index is 357. The van der Waals surface area contributed by atoms with Gasteiger partial charge in [0.2, 0.25) is 5.91 Å². The van der Waals surface area contributed by atoms with Crippen LogP contribution in [-0.2, 0) is 9.53 Å². The van der Waals surface area contributed by atoms with Gasteiger partial charge in [-0.1, -0.05) is 19.1 Å². The lowest BCUT2D eigenvalue weighted by Gasteiger charge is -2.44. The molecule has 0 bridgehead atoms. The lowest BCUT2D eigenvalue weighted by atomic mass is 9.85. The highest BCUT2D eigenvalue weighted by Crippen LogP contribution is 2.29. The third kappa shape index (κ3) is 3.01. The predicted molar refractivity (Wildman–Crippen MR) is 76.4 cm³/mol. The van der Waals surface area contributed by atoms with E-state index in [0.717, 1.165) is 0 Å². The van der Waals surface area contributed by atoms with E-state index in [-0.39, 0.29) is 22.6 Å². The molecule has 1 heterocycles. The molecule has 1 amide bonds. The van der Waals surface area contributed by atoms with Gasteiger partial charge in [0.15, 0.2) is 0 Å². The van der Waals surface area contributed by atoms with Crippen LogP contribution in [0.4, 0.5) is 0 Å². The largest absolute Gasteiger partial charge is 0.392 e. The standard InChI is InChI=1S/C13H24N2O2S/c1-6-13(5,10(14)18)11(16)15-7-9(2)17-12(3,4)8-15/h9H,6-8H2,1-5H3,(H2,14,18). The summed E-state index contributed by atoms with van der Waals surface area (Å²) < 4.78 is 5.80. The molecule has 0 aromatic carbocycles. The van der Waals surface area contributed by atoms with Crippen LogP contribution in [-0.4, -0.2) is 40.6 Å². The minimum atomic E-state index is -0.748. The van der Waals surface area contributed by atoms with Crippen LogP contribution in [0.25, 0.3) is 0 Å². The highest BCUT2D eigenvalue weighted by atomic mass is 32.1. The molecule has 2 unspecified atom stereocenters. The lowest BCUT2D eigenvalue weighted by Crippen LogP contribution is -2.58. The number of amides is 1. The second-order valence-electron chi connectivity index (χ2n) is 5.92. The zero-order valence-corrected chi connectivity index (χ0v) is 12.8. The Hall–Kier alpha value is -0.680. The second kappa shape index (κ2) is 5.13. The van der Waals surface area contributed by atoms with Gasteiger partial charge in [-0.05, 0) is 34.1 Å². The van der Waals surface area contributed by atoms with E-state index in [1.807, 2.05) is 39.5 Å². The molecule has 1 aliphatic heterocycles. The number of nitrogens with zero attached hydrogens (tertiary/aromatic N) is 1. The third-order valence-electron chi connectivity index (χ3n) is 3.58. The number of nitrogens with two attached hydrogens (primary N) is 1. The average molecular weight is 272 g/mol. The van der Waals surface area contributed by atoms with Gasteiger partial charge in [0.25, 0.3) is 0 Å². The molecule has 0 aromatic rings. The van der Waals surface area contributed by atoms with Gasteiger partial charge in [0, 0.05) is 13.1 Å². The molecule has 0 spiro atoms. The van der Waals surface area contributed by atoms with Crippen molar-refractivity contribution in [3.8, 4) is 0 Å². The molecule has 1 fully saturated rings. The van der Waals surface area contributed by atoms with Gasteiger partial charge in [0.05, 0.1) is 22.1 Å². The molecule has 0 radical (unpaired) electrons. The molecule has 104 valence electrons. The van der Waals surface area contributed by atoms with E-state index in [0.29, 0.717) is 19.5 Å². The highest BCUT2D eigenvalue weighted by molar-refractivity contribution is 7.80. The van der Waals surface area contributed by atoms with Crippen molar-refractivity contribution in [1.29, 1.82) is 0 Å².